The summed E-state index contributed by atoms with van der Waals surface area (Å²) in [5.74, 6) is -3.36. The predicted octanol–water partition coefficient (Wildman–Crippen LogP) is -0.621. The van der Waals surface area contributed by atoms with E-state index >= 15 is 0 Å². The van der Waals surface area contributed by atoms with E-state index in [9.17, 15) is 70.9 Å². The molecule has 382 valence electrons. The van der Waals surface area contributed by atoms with Gasteiger partial charge in [-0.2, -0.15) is 0 Å². The molecule has 20 nitrogen and oxygen atoms in total. The molecule has 8 rings (SSSR count). The van der Waals surface area contributed by atoms with Crippen LogP contribution in [0.1, 0.15) is 99.8 Å². The Labute approximate surface area is 389 Å². The van der Waals surface area contributed by atoms with Crippen LogP contribution in [-0.2, 0) is 38.0 Å². The maximum absolute atomic E-state index is 12.3. The van der Waals surface area contributed by atoms with Crippen LogP contribution in [-0.4, -0.2) is 191 Å². The first-order valence-electron chi connectivity index (χ1n) is 23.9. The van der Waals surface area contributed by atoms with Crippen molar-refractivity contribution >= 4 is 11.9 Å². The normalized spacial score (nSPS) is 55.2. The second-order valence-electron chi connectivity index (χ2n) is 23.2. The van der Waals surface area contributed by atoms with Crippen molar-refractivity contribution in [2.75, 3.05) is 13.2 Å². The van der Waals surface area contributed by atoms with Crippen molar-refractivity contribution in [2.45, 2.75) is 204 Å². The largest absolute Gasteiger partial charge is 0.479 e. The summed E-state index contributed by atoms with van der Waals surface area (Å²) in [6, 6.07) is 0. The zero-order valence-corrected chi connectivity index (χ0v) is 39.3. The van der Waals surface area contributed by atoms with Crippen LogP contribution in [0.15, 0.2) is 11.6 Å². The lowest BCUT2D eigenvalue weighted by molar-refractivity contribution is -0.373. The average Bonchev–Trinajstić information content (AvgIpc) is 3.26. The van der Waals surface area contributed by atoms with Gasteiger partial charge in [-0.05, 0) is 90.8 Å². The molecule has 0 aromatic carbocycles. The van der Waals surface area contributed by atoms with Crippen LogP contribution >= 0.6 is 0 Å². The molecule has 3 saturated heterocycles. The summed E-state index contributed by atoms with van der Waals surface area (Å²) in [5, 5.41) is 128. The van der Waals surface area contributed by atoms with Crippen LogP contribution in [0.2, 0.25) is 0 Å². The number of rotatable bonds is 9. The Kier molecular flexibility index (Phi) is 13.5. The maximum atomic E-state index is 12.3. The van der Waals surface area contributed by atoms with Crippen LogP contribution in [0, 0.1) is 50.2 Å². The molecule has 25 atom stereocenters. The molecule has 7 fully saturated rings. The predicted molar refractivity (Wildman–Crippen MR) is 228 cm³/mol. The highest BCUT2D eigenvalue weighted by molar-refractivity contribution is 5.74. The molecule has 0 radical (unpaired) electrons. The number of aliphatic hydroxyl groups is 10. The Morgan fingerprint density at radius 3 is 1.90 bits per heavy atom. The monoisotopic (exact) mass is 958 g/mol. The maximum Gasteiger partial charge on any atom is 0.335 e. The van der Waals surface area contributed by atoms with Gasteiger partial charge in [-0.1, -0.05) is 60.1 Å². The summed E-state index contributed by atoms with van der Waals surface area (Å²) in [6.45, 7) is 14.5. The lowest BCUT2D eigenvalue weighted by atomic mass is 9.33. The SMILES string of the molecule is CC1(C)C[C@H]2C3=CC[C@@H]4[C@@]5(C)CC[C@H](O[C@@H]6O[C@H](C(=O)O)[C@@H](O)[C@H](O)[C@H]6O[C@@H]6O[C@H](C(=O)O)[C@@H](O)[C@H](O)[C@H]6O)[C@](C)(CO)[C@@H]5CC[C@@]4(C)[C@]3(C)CC[C@@]2(C)[C@H](O[C@@H]2OC[C@H](O)[C@H](O)[C@H]2O)[C@@H]1O. The van der Waals surface area contributed by atoms with E-state index in [1.807, 2.05) is 20.8 Å². The topological polar surface area (TPSA) is 332 Å². The van der Waals surface area contributed by atoms with Crippen molar-refractivity contribution in [3.63, 3.8) is 0 Å². The molecule has 0 aromatic rings. The Morgan fingerprint density at radius 2 is 1.27 bits per heavy atom. The fraction of sp³-hybridized carbons (Fsp3) is 0.915. The quantitative estimate of drug-likeness (QED) is 0.101. The summed E-state index contributed by atoms with van der Waals surface area (Å²) in [4.78, 5) is 24.2. The number of fused-ring (bicyclic) bond motifs is 7. The number of hydrogen-bond donors (Lipinski definition) is 12. The molecule has 0 bridgehead atoms. The standard InChI is InChI=1S/C47H74O20/c1-42(2)16-20-19-8-9-23-44(4)12-11-24(63-41-34(29(54)28(53)33(65-41)38(60)61)66-40-31(56)26(51)27(52)32(64-40)37(58)59)45(5,18-48)22(44)10-13-47(23,7)46(19,6)15-14-43(20,3)36(35(42)57)67-39-30(55)25(50)21(49)17-62-39/h8,20-36,39-41,48-57H,9-18H2,1-7H3,(H,58,59)(H,60,61)/t20-,21-,22+,23+,24-,25-,26-,27-,28-,29-,30+,31+,32-,33-,34+,35-,36+,39-,40-,41+,43+,44-,45+,46+,47+/m0/s1. The van der Waals surface area contributed by atoms with Gasteiger partial charge >= 0.3 is 11.9 Å². The van der Waals surface area contributed by atoms with Gasteiger partial charge in [0.05, 0.1) is 31.5 Å². The molecule has 0 aromatic heterocycles. The first-order chi connectivity index (χ1) is 31.1. The van der Waals surface area contributed by atoms with Crippen molar-refractivity contribution < 1.29 is 99.3 Å². The van der Waals surface area contributed by atoms with Gasteiger partial charge in [0.1, 0.15) is 54.9 Å². The number of hydrogen-bond acceptors (Lipinski definition) is 18. The van der Waals surface area contributed by atoms with Gasteiger partial charge in [-0.3, -0.25) is 0 Å². The third kappa shape index (κ3) is 7.78. The van der Waals surface area contributed by atoms with Crippen LogP contribution in [0.25, 0.3) is 0 Å². The number of ether oxygens (including phenoxy) is 6. The van der Waals surface area contributed by atoms with E-state index in [-0.39, 0.29) is 47.2 Å². The summed E-state index contributed by atoms with van der Waals surface area (Å²) in [6.07, 6.45) is -20.3. The zero-order chi connectivity index (χ0) is 49.3. The number of carboxylic acids is 2. The molecule has 12 N–H and O–H groups in total. The van der Waals surface area contributed by atoms with Gasteiger partial charge in [0, 0.05) is 10.8 Å². The summed E-state index contributed by atoms with van der Waals surface area (Å²) in [7, 11) is 0. The fourth-order valence-electron chi connectivity index (χ4n) is 14.9. The van der Waals surface area contributed by atoms with Crippen molar-refractivity contribution in [3.05, 3.63) is 11.6 Å². The van der Waals surface area contributed by atoms with Crippen LogP contribution < -0.4 is 0 Å². The minimum absolute atomic E-state index is 0.0151. The highest BCUT2D eigenvalue weighted by Gasteiger charge is 2.71. The molecule has 20 heteroatoms. The number of aliphatic hydroxyl groups excluding tert-OH is 10. The van der Waals surface area contributed by atoms with E-state index in [2.05, 4.69) is 33.8 Å². The van der Waals surface area contributed by atoms with Gasteiger partial charge in [0.2, 0.25) is 0 Å². The molecule has 8 aliphatic rings. The van der Waals surface area contributed by atoms with E-state index in [0.717, 1.165) is 19.3 Å². The minimum atomic E-state index is -2.09. The second kappa shape index (κ2) is 17.7. The molecule has 0 amide bonds. The molecule has 67 heavy (non-hydrogen) atoms. The highest BCUT2D eigenvalue weighted by Crippen LogP contribution is 2.76. The average molecular weight is 959 g/mol. The second-order valence-corrected chi connectivity index (χ2v) is 23.2. The van der Waals surface area contributed by atoms with E-state index in [0.29, 0.717) is 32.1 Å². The Balaban J connectivity index is 1.07. The molecular weight excluding hydrogens is 884 g/mol. The van der Waals surface area contributed by atoms with Gasteiger partial charge in [-0.25, -0.2) is 9.59 Å². The number of aliphatic carboxylic acids is 2. The molecule has 3 aliphatic heterocycles. The van der Waals surface area contributed by atoms with E-state index < -0.39 is 133 Å². The minimum Gasteiger partial charge on any atom is -0.479 e. The van der Waals surface area contributed by atoms with Crippen LogP contribution in [0.4, 0.5) is 0 Å². The van der Waals surface area contributed by atoms with Gasteiger partial charge in [0.15, 0.2) is 31.1 Å². The number of carboxylic acid groups (broad SMARTS) is 2. The van der Waals surface area contributed by atoms with Crippen molar-refractivity contribution in [3.8, 4) is 0 Å². The summed E-state index contributed by atoms with van der Waals surface area (Å²) in [5.41, 5.74) is -1.75. The van der Waals surface area contributed by atoms with Gasteiger partial charge in [-0.15, -0.1) is 0 Å². The van der Waals surface area contributed by atoms with E-state index in [1.54, 1.807) is 0 Å². The Bertz CT molecular complexity index is 1900. The van der Waals surface area contributed by atoms with Crippen molar-refractivity contribution in [1.29, 1.82) is 0 Å². The first kappa shape index (κ1) is 51.4. The highest BCUT2D eigenvalue weighted by atomic mass is 16.8. The molecular formula is C47H74O20. The van der Waals surface area contributed by atoms with E-state index in [1.165, 1.54) is 5.57 Å². The lowest BCUT2D eigenvalue weighted by Gasteiger charge is -2.72. The van der Waals surface area contributed by atoms with Crippen LogP contribution in [0.5, 0.6) is 0 Å². The van der Waals surface area contributed by atoms with Crippen molar-refractivity contribution in [2.24, 2.45) is 50.2 Å². The molecule has 0 spiro atoms. The van der Waals surface area contributed by atoms with E-state index in [4.69, 9.17) is 28.4 Å². The molecule has 3 heterocycles. The molecule has 4 saturated carbocycles. The molecule has 0 unspecified atom stereocenters. The third-order valence-corrected chi connectivity index (χ3v) is 19.3. The molecule has 5 aliphatic carbocycles. The smallest absolute Gasteiger partial charge is 0.335 e. The Morgan fingerprint density at radius 1 is 0.657 bits per heavy atom. The van der Waals surface area contributed by atoms with Gasteiger partial charge in [0.25, 0.3) is 0 Å². The summed E-state index contributed by atoms with van der Waals surface area (Å²) < 4.78 is 35.7. The zero-order valence-electron chi connectivity index (χ0n) is 39.3. The number of carbonyl (C=O) groups is 2. The van der Waals surface area contributed by atoms with Crippen LogP contribution in [0.3, 0.4) is 0 Å². The van der Waals surface area contributed by atoms with Crippen molar-refractivity contribution in [1.82, 2.24) is 0 Å². The number of allylic oxidation sites excluding steroid dienone is 2. The third-order valence-electron chi connectivity index (χ3n) is 19.3. The van der Waals surface area contributed by atoms with Gasteiger partial charge < -0.3 is 89.7 Å². The fourth-order valence-corrected chi connectivity index (χ4v) is 14.9. The Hall–Kier alpha value is -1.96. The summed E-state index contributed by atoms with van der Waals surface area (Å²) >= 11 is 0. The lowest BCUT2D eigenvalue weighted by Crippen LogP contribution is -2.69. The first-order valence-corrected chi connectivity index (χ1v) is 23.9.